The van der Waals surface area contributed by atoms with E-state index in [4.69, 9.17) is 11.6 Å². The first kappa shape index (κ1) is 12.6. The van der Waals surface area contributed by atoms with E-state index >= 15 is 0 Å². The quantitative estimate of drug-likeness (QED) is 0.700. The van der Waals surface area contributed by atoms with E-state index < -0.39 is 0 Å². The van der Waals surface area contributed by atoms with E-state index in [2.05, 4.69) is 29.0 Å². The van der Waals surface area contributed by atoms with Gasteiger partial charge in [0.15, 0.2) is 5.16 Å². The summed E-state index contributed by atoms with van der Waals surface area (Å²) in [6.07, 6.45) is 0. The maximum Gasteiger partial charge on any atom is 0.166 e. The standard InChI is InChI=1S/C15H13ClN2S/c1-10-2-7-13-14(8-10)18-15(17-13)19-9-11-3-5-12(16)6-4-11/h2-8H,9H2,1H3,(H,17,18). The molecule has 0 radical (unpaired) electrons. The minimum absolute atomic E-state index is 0.771. The fourth-order valence-electron chi connectivity index (χ4n) is 1.90. The summed E-state index contributed by atoms with van der Waals surface area (Å²) in [7, 11) is 0. The number of benzene rings is 2. The second-order valence-corrected chi connectivity index (χ2v) is 5.88. The van der Waals surface area contributed by atoms with Gasteiger partial charge in [0.25, 0.3) is 0 Å². The Bertz CT molecular complexity index is 704. The largest absolute Gasteiger partial charge is 0.333 e. The highest BCUT2D eigenvalue weighted by molar-refractivity contribution is 7.98. The molecule has 1 heterocycles. The summed E-state index contributed by atoms with van der Waals surface area (Å²) in [5, 5.41) is 1.73. The van der Waals surface area contributed by atoms with Gasteiger partial charge in [0.2, 0.25) is 0 Å². The van der Waals surface area contributed by atoms with Gasteiger partial charge >= 0.3 is 0 Å². The molecule has 2 aromatic carbocycles. The summed E-state index contributed by atoms with van der Waals surface area (Å²) in [6.45, 7) is 2.08. The number of rotatable bonds is 3. The summed E-state index contributed by atoms with van der Waals surface area (Å²) in [6, 6.07) is 14.2. The topological polar surface area (TPSA) is 28.7 Å². The summed E-state index contributed by atoms with van der Waals surface area (Å²) >= 11 is 7.57. The molecule has 2 nitrogen and oxygen atoms in total. The molecule has 4 heteroatoms. The van der Waals surface area contributed by atoms with Crippen molar-refractivity contribution >= 4 is 34.4 Å². The number of thioether (sulfide) groups is 1. The van der Waals surface area contributed by atoms with Crippen LogP contribution in [0.1, 0.15) is 11.1 Å². The van der Waals surface area contributed by atoms with Crippen LogP contribution in [0.15, 0.2) is 47.6 Å². The van der Waals surface area contributed by atoms with Crippen LogP contribution in [0.25, 0.3) is 11.0 Å². The van der Waals surface area contributed by atoms with Gasteiger partial charge in [0, 0.05) is 10.8 Å². The molecule has 0 saturated carbocycles. The first-order valence-electron chi connectivity index (χ1n) is 6.04. The zero-order valence-corrected chi connectivity index (χ0v) is 12.1. The molecule has 0 atom stereocenters. The molecule has 0 spiro atoms. The number of aryl methyl sites for hydroxylation is 1. The molecule has 1 aromatic heterocycles. The third-order valence-corrected chi connectivity index (χ3v) is 4.10. The van der Waals surface area contributed by atoms with Gasteiger partial charge in [-0.2, -0.15) is 0 Å². The van der Waals surface area contributed by atoms with Crippen molar-refractivity contribution in [2.75, 3.05) is 0 Å². The van der Waals surface area contributed by atoms with Gasteiger partial charge < -0.3 is 4.98 Å². The number of aromatic amines is 1. The predicted molar refractivity (Wildman–Crippen MR) is 81.8 cm³/mol. The van der Waals surface area contributed by atoms with Crippen LogP contribution in [0.4, 0.5) is 0 Å². The first-order chi connectivity index (χ1) is 9.20. The smallest absolute Gasteiger partial charge is 0.166 e. The first-order valence-corrected chi connectivity index (χ1v) is 7.41. The molecular formula is C15H13ClN2S. The van der Waals surface area contributed by atoms with E-state index in [0.29, 0.717) is 0 Å². The van der Waals surface area contributed by atoms with E-state index in [-0.39, 0.29) is 0 Å². The van der Waals surface area contributed by atoms with Crippen LogP contribution in [0, 0.1) is 6.92 Å². The average molecular weight is 289 g/mol. The molecule has 0 aliphatic heterocycles. The van der Waals surface area contributed by atoms with Gasteiger partial charge in [0.05, 0.1) is 11.0 Å². The van der Waals surface area contributed by atoms with Gasteiger partial charge in [-0.15, -0.1) is 0 Å². The number of imidazole rings is 1. The maximum absolute atomic E-state index is 5.87. The third-order valence-electron chi connectivity index (χ3n) is 2.90. The Labute approximate surface area is 121 Å². The van der Waals surface area contributed by atoms with Gasteiger partial charge in [-0.25, -0.2) is 4.98 Å². The fourth-order valence-corrected chi connectivity index (χ4v) is 2.87. The highest BCUT2D eigenvalue weighted by Gasteiger charge is 2.04. The number of nitrogens with one attached hydrogen (secondary N) is 1. The molecular weight excluding hydrogens is 276 g/mol. The monoisotopic (exact) mass is 288 g/mol. The molecule has 0 aliphatic rings. The van der Waals surface area contributed by atoms with Crippen LogP contribution in [0.5, 0.6) is 0 Å². The van der Waals surface area contributed by atoms with Crippen LogP contribution in [-0.2, 0) is 5.75 Å². The summed E-state index contributed by atoms with van der Waals surface area (Å²) < 4.78 is 0. The molecule has 0 fully saturated rings. The van der Waals surface area contributed by atoms with Crippen molar-refractivity contribution in [3.63, 3.8) is 0 Å². The molecule has 96 valence electrons. The number of fused-ring (bicyclic) bond motifs is 1. The predicted octanol–water partition coefficient (Wildman–Crippen LogP) is 4.82. The molecule has 1 N–H and O–H groups in total. The summed E-state index contributed by atoms with van der Waals surface area (Å²) in [4.78, 5) is 7.91. The number of H-pyrrole nitrogens is 1. The van der Waals surface area contributed by atoms with Crippen molar-refractivity contribution in [2.45, 2.75) is 17.8 Å². The van der Waals surface area contributed by atoms with Crippen molar-refractivity contribution in [1.29, 1.82) is 0 Å². The maximum atomic E-state index is 5.87. The molecule has 0 aliphatic carbocycles. The lowest BCUT2D eigenvalue weighted by Gasteiger charge is -1.98. The Kier molecular flexibility index (Phi) is 3.49. The second-order valence-electron chi connectivity index (χ2n) is 4.48. The van der Waals surface area contributed by atoms with Gasteiger partial charge in [-0.05, 0) is 42.3 Å². The van der Waals surface area contributed by atoms with Crippen molar-refractivity contribution in [1.82, 2.24) is 9.97 Å². The zero-order valence-electron chi connectivity index (χ0n) is 10.5. The number of halogens is 1. The fraction of sp³-hybridized carbons (Fsp3) is 0.133. The molecule has 0 amide bonds. The van der Waals surface area contributed by atoms with Crippen LogP contribution in [0.2, 0.25) is 5.02 Å². The number of nitrogens with zero attached hydrogens (tertiary/aromatic N) is 1. The van der Waals surface area contributed by atoms with Crippen LogP contribution in [-0.4, -0.2) is 9.97 Å². The Morgan fingerprint density at radius 1 is 1.16 bits per heavy atom. The van der Waals surface area contributed by atoms with Crippen LogP contribution < -0.4 is 0 Å². The SMILES string of the molecule is Cc1ccc2nc(SCc3ccc(Cl)cc3)[nH]c2c1. The lowest BCUT2D eigenvalue weighted by atomic mass is 10.2. The van der Waals surface area contributed by atoms with E-state index in [1.165, 1.54) is 11.1 Å². The van der Waals surface area contributed by atoms with Crippen molar-refractivity contribution in [2.24, 2.45) is 0 Å². The third kappa shape index (κ3) is 2.94. The Balaban J connectivity index is 1.76. The number of hydrogen-bond donors (Lipinski definition) is 1. The van der Waals surface area contributed by atoms with Crippen molar-refractivity contribution in [3.05, 3.63) is 58.6 Å². The highest BCUT2D eigenvalue weighted by atomic mass is 35.5. The van der Waals surface area contributed by atoms with E-state index in [1.54, 1.807) is 11.8 Å². The zero-order chi connectivity index (χ0) is 13.2. The van der Waals surface area contributed by atoms with Gasteiger partial charge in [-0.3, -0.25) is 0 Å². The van der Waals surface area contributed by atoms with Crippen molar-refractivity contribution < 1.29 is 0 Å². The highest BCUT2D eigenvalue weighted by Crippen LogP contribution is 2.24. The van der Waals surface area contributed by atoms with Gasteiger partial charge in [0.1, 0.15) is 0 Å². The Morgan fingerprint density at radius 3 is 2.74 bits per heavy atom. The van der Waals surface area contributed by atoms with Gasteiger partial charge in [-0.1, -0.05) is 41.6 Å². The number of hydrogen-bond acceptors (Lipinski definition) is 2. The molecule has 3 aromatic rings. The lowest BCUT2D eigenvalue weighted by molar-refractivity contribution is 1.08. The summed E-state index contributed by atoms with van der Waals surface area (Å²) in [5.41, 5.74) is 4.60. The summed E-state index contributed by atoms with van der Waals surface area (Å²) in [5.74, 6) is 0.885. The molecule has 0 unspecified atom stereocenters. The lowest BCUT2D eigenvalue weighted by Crippen LogP contribution is -1.81. The normalized spacial score (nSPS) is 11.1. The van der Waals surface area contributed by atoms with E-state index in [0.717, 1.165) is 27.0 Å². The Hall–Kier alpha value is -1.45. The molecule has 19 heavy (non-hydrogen) atoms. The van der Waals surface area contributed by atoms with Crippen molar-refractivity contribution in [3.8, 4) is 0 Å². The minimum Gasteiger partial charge on any atom is -0.333 e. The molecule has 3 rings (SSSR count). The minimum atomic E-state index is 0.771. The molecule has 0 bridgehead atoms. The number of aromatic nitrogens is 2. The Morgan fingerprint density at radius 2 is 1.95 bits per heavy atom. The van der Waals surface area contributed by atoms with E-state index in [9.17, 15) is 0 Å². The molecule has 0 saturated heterocycles. The van der Waals surface area contributed by atoms with E-state index in [1.807, 2.05) is 30.3 Å². The second kappa shape index (κ2) is 5.27. The van der Waals surface area contributed by atoms with Crippen LogP contribution >= 0.6 is 23.4 Å². The average Bonchev–Trinajstić information content (AvgIpc) is 2.80. The van der Waals surface area contributed by atoms with Crippen LogP contribution in [0.3, 0.4) is 0 Å².